The lowest BCUT2D eigenvalue weighted by molar-refractivity contribution is -0.123. The summed E-state index contributed by atoms with van der Waals surface area (Å²) in [4.78, 5) is 16.2. The second-order valence-electron chi connectivity index (χ2n) is 6.48. The van der Waals surface area contributed by atoms with Crippen LogP contribution in [0.25, 0.3) is 11.3 Å². The molecule has 0 saturated heterocycles. The topological polar surface area (TPSA) is 81.1 Å². The number of halogens is 4. The minimum Gasteiger partial charge on any atom is -0.441 e. The van der Waals surface area contributed by atoms with Gasteiger partial charge in [0, 0.05) is 25.5 Å². The predicted molar refractivity (Wildman–Crippen MR) is 103 cm³/mol. The summed E-state index contributed by atoms with van der Waals surface area (Å²) in [6.45, 7) is 0.436. The highest BCUT2D eigenvalue weighted by atomic mass is 35.5. The summed E-state index contributed by atoms with van der Waals surface area (Å²) in [5.41, 5.74) is 5.66. The molecule has 27 heavy (non-hydrogen) atoms. The summed E-state index contributed by atoms with van der Waals surface area (Å²) >= 11 is 0. The predicted octanol–water partition coefficient (Wildman–Crippen LogP) is 3.78. The highest BCUT2D eigenvalue weighted by molar-refractivity contribution is 5.85. The normalized spacial score (nSPS) is 14.9. The number of nitrogens with two attached hydrogens (primary N) is 1. The van der Waals surface area contributed by atoms with E-state index in [1.54, 1.807) is 0 Å². The van der Waals surface area contributed by atoms with Crippen LogP contribution in [0.5, 0.6) is 0 Å². The minimum absolute atomic E-state index is 0. The highest BCUT2D eigenvalue weighted by Crippen LogP contribution is 2.29. The van der Waals surface area contributed by atoms with Crippen molar-refractivity contribution in [2.75, 3.05) is 6.54 Å². The first-order valence-electron chi connectivity index (χ1n) is 8.42. The summed E-state index contributed by atoms with van der Waals surface area (Å²) in [6.07, 6.45) is 5.85. The number of carbonyl (C=O) groups excluding carboxylic acids is 1. The van der Waals surface area contributed by atoms with Crippen molar-refractivity contribution in [2.24, 2.45) is 5.73 Å². The van der Waals surface area contributed by atoms with E-state index in [0.29, 0.717) is 18.9 Å². The van der Waals surface area contributed by atoms with E-state index in [0.717, 1.165) is 37.8 Å². The van der Waals surface area contributed by atoms with Crippen LogP contribution in [-0.4, -0.2) is 23.0 Å². The fraction of sp³-hybridized carbons (Fsp3) is 0.444. The number of aromatic nitrogens is 1. The maximum absolute atomic E-state index is 13.8. The summed E-state index contributed by atoms with van der Waals surface area (Å²) in [7, 11) is 0. The van der Waals surface area contributed by atoms with Crippen LogP contribution in [0.3, 0.4) is 0 Å². The molecule has 0 bridgehead atoms. The van der Waals surface area contributed by atoms with Gasteiger partial charge in [0.05, 0.1) is 17.3 Å². The van der Waals surface area contributed by atoms with Gasteiger partial charge in [0.2, 0.25) is 5.91 Å². The molecule has 3 N–H and O–H groups in total. The first kappa shape index (κ1) is 23.3. The quantitative estimate of drug-likeness (QED) is 0.743. The Bertz CT molecular complexity index is 765. The van der Waals surface area contributed by atoms with Gasteiger partial charge in [0.15, 0.2) is 11.7 Å². The number of nitrogens with one attached hydrogen (secondary N) is 1. The molecule has 9 heteroatoms. The van der Waals surface area contributed by atoms with Gasteiger partial charge >= 0.3 is 0 Å². The molecule has 0 aliphatic heterocycles. The van der Waals surface area contributed by atoms with Crippen LogP contribution in [0.4, 0.5) is 8.78 Å². The van der Waals surface area contributed by atoms with Gasteiger partial charge in [0.1, 0.15) is 11.6 Å². The zero-order chi connectivity index (χ0) is 17.9. The van der Waals surface area contributed by atoms with E-state index in [9.17, 15) is 13.6 Å². The van der Waals surface area contributed by atoms with E-state index >= 15 is 0 Å². The molecule has 0 unspecified atom stereocenters. The Balaban J connectivity index is 0.00000182. The number of hydrogen-bond acceptors (Lipinski definition) is 4. The molecule has 1 aliphatic rings. The molecule has 0 atom stereocenters. The van der Waals surface area contributed by atoms with Crippen molar-refractivity contribution in [3.8, 4) is 11.3 Å². The van der Waals surface area contributed by atoms with Crippen molar-refractivity contribution in [3.05, 3.63) is 41.9 Å². The lowest BCUT2D eigenvalue weighted by atomic mass is 9.97. The molecule has 0 spiro atoms. The monoisotopic (exact) mass is 421 g/mol. The molecule has 1 fully saturated rings. The number of amides is 1. The van der Waals surface area contributed by atoms with E-state index < -0.39 is 11.6 Å². The van der Waals surface area contributed by atoms with E-state index in [2.05, 4.69) is 10.3 Å². The molecule has 1 aliphatic carbocycles. The molecular formula is C18H23Cl2F2N3O2. The lowest BCUT2D eigenvalue weighted by Gasteiger charge is -2.28. The molecule has 1 saturated carbocycles. The average molecular weight is 422 g/mol. The number of nitrogens with zero attached hydrogens (tertiary/aromatic N) is 1. The summed E-state index contributed by atoms with van der Waals surface area (Å²) < 4.78 is 32.2. The lowest BCUT2D eigenvalue weighted by Crippen LogP contribution is -2.51. The van der Waals surface area contributed by atoms with Crippen LogP contribution in [0.15, 0.2) is 28.8 Å². The van der Waals surface area contributed by atoms with Crippen LogP contribution < -0.4 is 11.1 Å². The molecule has 1 aromatic heterocycles. The van der Waals surface area contributed by atoms with Gasteiger partial charge in [-0.25, -0.2) is 13.8 Å². The molecule has 150 valence electrons. The molecular weight excluding hydrogens is 399 g/mol. The fourth-order valence-corrected chi connectivity index (χ4v) is 3.25. The van der Waals surface area contributed by atoms with Gasteiger partial charge in [-0.2, -0.15) is 0 Å². The number of oxazole rings is 1. The van der Waals surface area contributed by atoms with Gasteiger partial charge in [0.25, 0.3) is 0 Å². The van der Waals surface area contributed by atoms with E-state index in [1.807, 2.05) is 0 Å². The first-order valence-corrected chi connectivity index (χ1v) is 8.42. The number of benzene rings is 1. The molecule has 2 aromatic rings. The fourth-order valence-electron chi connectivity index (χ4n) is 3.25. The van der Waals surface area contributed by atoms with Crippen LogP contribution >= 0.6 is 24.8 Å². The molecule has 5 nitrogen and oxygen atoms in total. The van der Waals surface area contributed by atoms with Gasteiger partial charge in [-0.05, 0) is 25.0 Å². The van der Waals surface area contributed by atoms with Gasteiger partial charge in [-0.15, -0.1) is 24.8 Å². The van der Waals surface area contributed by atoms with Crippen molar-refractivity contribution < 1.29 is 18.0 Å². The van der Waals surface area contributed by atoms with Crippen LogP contribution in [0, 0.1) is 11.6 Å². The van der Waals surface area contributed by atoms with Crippen molar-refractivity contribution in [3.63, 3.8) is 0 Å². The van der Waals surface area contributed by atoms with Crippen molar-refractivity contribution in [2.45, 2.75) is 44.1 Å². The largest absolute Gasteiger partial charge is 0.441 e. The molecule has 1 aromatic carbocycles. The maximum Gasteiger partial charge on any atom is 0.220 e. The summed E-state index contributed by atoms with van der Waals surface area (Å²) in [5, 5.41) is 3.03. The number of aryl methyl sites for hydroxylation is 1. The zero-order valence-corrected chi connectivity index (χ0v) is 16.3. The first-order chi connectivity index (χ1) is 12.0. The third-order valence-electron chi connectivity index (χ3n) is 4.67. The minimum atomic E-state index is -0.716. The number of hydrogen-bond donors (Lipinski definition) is 2. The zero-order valence-electron chi connectivity index (χ0n) is 14.7. The van der Waals surface area contributed by atoms with Crippen molar-refractivity contribution in [1.29, 1.82) is 0 Å². The maximum atomic E-state index is 13.8. The molecule has 0 radical (unpaired) electrons. The standard InChI is InChI=1S/C18H21F2N3O2.2ClH/c19-12-3-4-13(14(20)9-12)15-10-22-17(25-15)6-5-16(24)23-18(11-21)7-1-2-8-18;;/h3-4,9-10H,1-2,5-8,11,21H2,(H,23,24);2*1H. The van der Waals surface area contributed by atoms with Crippen LogP contribution in [0.2, 0.25) is 0 Å². The SMILES string of the molecule is Cl.Cl.NCC1(NC(=O)CCc2ncc(-c3ccc(F)cc3F)o2)CCCC1. The Morgan fingerprint density at radius 2 is 1.96 bits per heavy atom. The molecule has 1 amide bonds. The Hall–Kier alpha value is -1.70. The molecule has 3 rings (SSSR count). The Morgan fingerprint density at radius 3 is 2.59 bits per heavy atom. The number of rotatable bonds is 6. The van der Waals surface area contributed by atoms with E-state index in [4.69, 9.17) is 10.2 Å². The second kappa shape index (κ2) is 10.0. The third kappa shape index (κ3) is 5.64. The smallest absolute Gasteiger partial charge is 0.220 e. The van der Waals surface area contributed by atoms with Gasteiger partial charge < -0.3 is 15.5 Å². The molecule has 1 heterocycles. The second-order valence-corrected chi connectivity index (χ2v) is 6.48. The van der Waals surface area contributed by atoms with Crippen LogP contribution in [-0.2, 0) is 11.2 Å². The summed E-state index contributed by atoms with van der Waals surface area (Å²) in [6, 6.07) is 3.24. The van der Waals surface area contributed by atoms with Gasteiger partial charge in [-0.1, -0.05) is 12.8 Å². The number of carbonyl (C=O) groups is 1. The third-order valence-corrected chi connectivity index (χ3v) is 4.67. The van der Waals surface area contributed by atoms with Crippen LogP contribution in [0.1, 0.15) is 38.0 Å². The van der Waals surface area contributed by atoms with E-state index in [-0.39, 0.29) is 54.0 Å². The van der Waals surface area contributed by atoms with Crippen molar-refractivity contribution >= 4 is 30.7 Å². The van der Waals surface area contributed by atoms with Crippen molar-refractivity contribution in [1.82, 2.24) is 10.3 Å². The Morgan fingerprint density at radius 1 is 1.26 bits per heavy atom. The average Bonchev–Trinajstić information content (AvgIpc) is 3.23. The summed E-state index contributed by atoms with van der Waals surface area (Å²) in [5.74, 6) is -0.922. The van der Waals surface area contributed by atoms with E-state index in [1.165, 1.54) is 12.3 Å². The Kier molecular flexibility index (Phi) is 8.65. The highest BCUT2D eigenvalue weighted by Gasteiger charge is 2.33. The Labute approximate surface area is 168 Å². The van der Waals surface area contributed by atoms with Gasteiger partial charge in [-0.3, -0.25) is 4.79 Å².